The maximum absolute atomic E-state index is 17.0. The van der Waals surface area contributed by atoms with Crippen LogP contribution in [-0.4, -0.2) is 81.3 Å². The molecular formula is C34H32ClF4N7O3S. The maximum Gasteiger partial charge on any atom is 0.319 e. The lowest BCUT2D eigenvalue weighted by Gasteiger charge is -2.33. The summed E-state index contributed by atoms with van der Waals surface area (Å²) >= 11 is 7.52. The van der Waals surface area contributed by atoms with E-state index in [4.69, 9.17) is 22.1 Å². The van der Waals surface area contributed by atoms with Gasteiger partial charge in [0.15, 0.2) is 11.6 Å². The molecule has 0 spiro atoms. The Bertz CT molecular complexity index is 2120. The Labute approximate surface area is 293 Å². The van der Waals surface area contributed by atoms with E-state index < -0.39 is 57.4 Å². The number of alkyl halides is 1. The number of thiophene rings is 1. The molecule has 3 saturated heterocycles. The van der Waals surface area contributed by atoms with Crippen molar-refractivity contribution in [2.24, 2.45) is 0 Å². The number of nitrogens with one attached hydrogen (secondary N) is 1. The van der Waals surface area contributed by atoms with Crippen molar-refractivity contribution >= 4 is 60.7 Å². The van der Waals surface area contributed by atoms with Gasteiger partial charge < -0.3 is 25.8 Å². The topological polar surface area (TPSA) is 141 Å². The van der Waals surface area contributed by atoms with Crippen LogP contribution >= 0.6 is 22.9 Å². The molecule has 3 atom stereocenters. The fraction of sp³-hybridized carbons (Fsp3) is 0.412. The number of carbonyl (C=O) groups is 1. The highest BCUT2D eigenvalue weighted by Gasteiger charge is 2.49. The Balaban J connectivity index is 1.36. The number of rotatable bonds is 7. The van der Waals surface area contributed by atoms with Crippen LogP contribution in [0.25, 0.3) is 32.1 Å². The third kappa shape index (κ3) is 5.63. The number of anilines is 2. The second-order valence-corrected chi connectivity index (χ2v) is 14.3. The van der Waals surface area contributed by atoms with Gasteiger partial charge in [0, 0.05) is 43.0 Å². The molecule has 4 aromatic rings. The molecule has 0 bridgehead atoms. The summed E-state index contributed by atoms with van der Waals surface area (Å²) in [6.07, 6.45) is 2.93. The van der Waals surface area contributed by atoms with E-state index in [0.29, 0.717) is 32.4 Å². The van der Waals surface area contributed by atoms with E-state index in [-0.39, 0.29) is 75.1 Å². The summed E-state index contributed by atoms with van der Waals surface area (Å²) in [5, 5.41) is 24.0. The number of ether oxygens (including phenoxy) is 1. The number of aromatic hydroxyl groups is 1. The predicted molar refractivity (Wildman–Crippen MR) is 183 cm³/mol. The molecule has 0 radical (unpaired) electrons. The van der Waals surface area contributed by atoms with Gasteiger partial charge in [0.05, 0.1) is 26.2 Å². The van der Waals surface area contributed by atoms with Gasteiger partial charge in [-0.1, -0.05) is 17.7 Å². The number of aromatic nitrogens is 2. The monoisotopic (exact) mass is 729 g/mol. The lowest BCUT2D eigenvalue weighted by Crippen LogP contribution is -2.45. The van der Waals surface area contributed by atoms with Crippen LogP contribution in [0.5, 0.6) is 11.8 Å². The van der Waals surface area contributed by atoms with E-state index >= 15 is 4.39 Å². The molecule has 7 rings (SSSR count). The number of likely N-dealkylation sites (tertiary alicyclic amines) is 1. The van der Waals surface area contributed by atoms with Gasteiger partial charge in [-0.25, -0.2) is 17.6 Å². The van der Waals surface area contributed by atoms with Crippen molar-refractivity contribution in [3.8, 4) is 29.0 Å². The van der Waals surface area contributed by atoms with E-state index in [0.717, 1.165) is 29.9 Å². The number of carbonyl (C=O) groups excluding carboxylic acids is 1. The van der Waals surface area contributed by atoms with E-state index in [2.05, 4.69) is 15.3 Å². The van der Waals surface area contributed by atoms with Crippen molar-refractivity contribution in [2.45, 2.75) is 56.8 Å². The molecule has 4 N–H and O–H groups in total. The van der Waals surface area contributed by atoms with Crippen LogP contribution in [0.2, 0.25) is 5.02 Å². The average Bonchev–Trinajstić information content (AvgIpc) is 3.75. The highest BCUT2D eigenvalue weighted by molar-refractivity contribution is 7.23. The SMILES string of the molecule is C/C=C(\F)C(=O)N1CCCC(Nc2nc(OC[C@@]34CCCN3C[C@H](F)C4)nc3c(F)c(-c4ccc(F)c5sc(N)c(C#N)c45)c(Cl)c(O)c23)C1. The molecule has 5 heterocycles. The number of phenolic OH excluding ortho intramolecular Hbond substituents is 1. The first-order valence-electron chi connectivity index (χ1n) is 16.2. The average molecular weight is 730 g/mol. The molecule has 3 aliphatic heterocycles. The van der Waals surface area contributed by atoms with Crippen LogP contribution in [0.3, 0.4) is 0 Å². The normalized spacial score (nSPS) is 22.7. The number of amides is 1. The van der Waals surface area contributed by atoms with Crippen LogP contribution in [-0.2, 0) is 4.79 Å². The van der Waals surface area contributed by atoms with Crippen molar-refractivity contribution < 1.29 is 32.2 Å². The zero-order chi connectivity index (χ0) is 35.5. The number of nitrogens with two attached hydrogens (primary N) is 1. The van der Waals surface area contributed by atoms with Crippen molar-refractivity contribution in [1.29, 1.82) is 5.26 Å². The number of fused-ring (bicyclic) bond motifs is 3. The minimum Gasteiger partial charge on any atom is -0.506 e. The van der Waals surface area contributed by atoms with E-state index in [9.17, 15) is 28.3 Å². The van der Waals surface area contributed by atoms with Crippen molar-refractivity contribution in [2.75, 3.05) is 43.8 Å². The Morgan fingerprint density at radius 2 is 2.08 bits per heavy atom. The number of nitrogens with zero attached hydrogens (tertiary/aromatic N) is 5. The van der Waals surface area contributed by atoms with E-state index in [1.54, 1.807) is 0 Å². The number of halogens is 5. The highest BCUT2D eigenvalue weighted by Crippen LogP contribution is 2.49. The summed E-state index contributed by atoms with van der Waals surface area (Å²) in [5.41, 5.74) is 4.63. The summed E-state index contributed by atoms with van der Waals surface area (Å²) in [4.78, 5) is 24.9. The molecule has 0 saturated carbocycles. The molecule has 3 fully saturated rings. The molecular weight excluding hydrogens is 698 g/mol. The molecule has 2 aromatic heterocycles. The number of phenols is 1. The van der Waals surface area contributed by atoms with Crippen LogP contribution < -0.4 is 15.8 Å². The highest BCUT2D eigenvalue weighted by atomic mass is 35.5. The zero-order valence-corrected chi connectivity index (χ0v) is 28.4. The number of hydrogen-bond acceptors (Lipinski definition) is 10. The molecule has 50 heavy (non-hydrogen) atoms. The lowest BCUT2D eigenvalue weighted by molar-refractivity contribution is -0.129. The Morgan fingerprint density at radius 1 is 1.28 bits per heavy atom. The van der Waals surface area contributed by atoms with Crippen LogP contribution in [0.1, 0.15) is 44.6 Å². The third-order valence-corrected chi connectivity index (χ3v) is 11.3. The van der Waals surface area contributed by atoms with E-state index in [1.807, 2.05) is 11.0 Å². The molecule has 0 aliphatic carbocycles. The minimum atomic E-state index is -1.02. The first kappa shape index (κ1) is 34.1. The van der Waals surface area contributed by atoms with Gasteiger partial charge in [-0.05, 0) is 56.9 Å². The van der Waals surface area contributed by atoms with Gasteiger partial charge in [0.1, 0.15) is 46.8 Å². The second kappa shape index (κ2) is 13.1. The minimum absolute atomic E-state index is 0.00839. The third-order valence-electron chi connectivity index (χ3n) is 9.92. The summed E-state index contributed by atoms with van der Waals surface area (Å²) in [6.45, 7) is 2.86. The van der Waals surface area contributed by atoms with Crippen molar-refractivity contribution in [3.05, 3.63) is 46.3 Å². The number of nitrogen functional groups attached to an aromatic ring is 1. The number of nitriles is 1. The molecule has 262 valence electrons. The number of hydrogen-bond donors (Lipinski definition) is 3. The first-order valence-corrected chi connectivity index (χ1v) is 17.4. The van der Waals surface area contributed by atoms with Gasteiger partial charge in [-0.3, -0.25) is 9.69 Å². The summed E-state index contributed by atoms with van der Waals surface area (Å²) in [5.74, 6) is -4.01. The fourth-order valence-electron chi connectivity index (χ4n) is 7.58. The lowest BCUT2D eigenvalue weighted by atomic mass is 9.95. The quantitative estimate of drug-likeness (QED) is 0.138. The summed E-state index contributed by atoms with van der Waals surface area (Å²) < 4.78 is 66.7. The smallest absolute Gasteiger partial charge is 0.319 e. The summed E-state index contributed by atoms with van der Waals surface area (Å²) in [7, 11) is 0. The maximum atomic E-state index is 17.0. The van der Waals surface area contributed by atoms with Crippen molar-refractivity contribution in [3.63, 3.8) is 0 Å². The van der Waals surface area contributed by atoms with Gasteiger partial charge in [-0.2, -0.15) is 15.2 Å². The Hall–Kier alpha value is -4.39. The molecule has 10 nitrogen and oxygen atoms in total. The standard InChI is InChI=1S/C34H32ClF4N7O3S/c1-2-20(37)32(48)45-9-3-5-17(14-45)42-31-24-27(43-33(44-31)49-15-34-8-4-10-46(34)13-16(36)11-34)26(39)23(25(35)28(24)47)18-6-7-21(38)29-22(18)19(12-40)30(41)50-29/h2,6-7,16-17,47H,3-5,8-11,13-15,41H2,1H3,(H,42,43,44)/b20-2-/t16-,17?,34+/m1/s1. The molecule has 2 aromatic carbocycles. The van der Waals surface area contributed by atoms with Crippen LogP contribution in [0.15, 0.2) is 24.0 Å². The largest absolute Gasteiger partial charge is 0.506 e. The number of benzene rings is 2. The molecule has 3 aliphatic rings. The van der Waals surface area contributed by atoms with Crippen LogP contribution in [0, 0.1) is 23.0 Å². The number of allylic oxidation sites excluding steroid dienone is 1. The second-order valence-electron chi connectivity index (χ2n) is 12.9. The van der Waals surface area contributed by atoms with Crippen molar-refractivity contribution in [1.82, 2.24) is 19.8 Å². The van der Waals surface area contributed by atoms with Gasteiger partial charge in [-0.15, -0.1) is 11.3 Å². The molecule has 16 heteroatoms. The van der Waals surface area contributed by atoms with E-state index in [1.165, 1.54) is 17.9 Å². The summed E-state index contributed by atoms with van der Waals surface area (Å²) in [6, 6.07) is 3.52. The Morgan fingerprint density at radius 3 is 2.84 bits per heavy atom. The van der Waals surface area contributed by atoms with Gasteiger partial charge in [0.25, 0.3) is 5.91 Å². The molecule has 1 amide bonds. The van der Waals surface area contributed by atoms with Crippen LogP contribution in [0.4, 0.5) is 28.4 Å². The Kier molecular flexibility index (Phi) is 8.90. The predicted octanol–water partition coefficient (Wildman–Crippen LogP) is 6.83. The molecule has 1 unspecified atom stereocenters. The fourth-order valence-corrected chi connectivity index (χ4v) is 8.80. The number of piperidine rings is 1. The zero-order valence-electron chi connectivity index (χ0n) is 26.8. The van der Waals surface area contributed by atoms with Gasteiger partial charge >= 0.3 is 6.01 Å². The van der Waals surface area contributed by atoms with Gasteiger partial charge in [0.2, 0.25) is 0 Å². The first-order chi connectivity index (χ1) is 24.0.